The van der Waals surface area contributed by atoms with Crippen molar-refractivity contribution >= 4 is 28.4 Å². The van der Waals surface area contributed by atoms with Gasteiger partial charge in [0.2, 0.25) is 0 Å². The lowest BCUT2D eigenvalue weighted by molar-refractivity contribution is 0.101. The molecule has 15 heavy (non-hydrogen) atoms. The normalized spacial score (nSPS) is 10.8. The van der Waals surface area contributed by atoms with Crippen molar-refractivity contribution in [2.24, 2.45) is 0 Å². The number of hydrogen-bond donors (Lipinski definition) is 0. The summed E-state index contributed by atoms with van der Waals surface area (Å²) >= 11 is 1.87. The van der Waals surface area contributed by atoms with E-state index in [1.165, 1.54) is 13.0 Å². The second-order valence-electron chi connectivity index (χ2n) is 3.24. The Bertz CT molecular complexity index is 388. The van der Waals surface area contributed by atoms with Gasteiger partial charge in [-0.25, -0.2) is 8.78 Å². The van der Waals surface area contributed by atoms with Gasteiger partial charge in [-0.3, -0.25) is 4.79 Å². The van der Waals surface area contributed by atoms with Gasteiger partial charge in [0.05, 0.1) is 0 Å². The van der Waals surface area contributed by atoms with E-state index in [1.807, 2.05) is 29.5 Å². The zero-order valence-corrected chi connectivity index (χ0v) is 10.6. The number of ketones is 1. The molecule has 0 saturated carbocycles. The molecule has 0 bridgehead atoms. The number of Topliss-reactive ketones (excluding diaryl/α,β-unsaturated/α-hetero) is 1. The number of carbonyl (C=O) groups excluding carboxylic acids is 1. The SMILES string of the molecule is CCc1cc(I)c(C(F)F)cc1C(C)=O. The van der Waals surface area contributed by atoms with Crippen LogP contribution >= 0.6 is 22.6 Å². The first-order chi connectivity index (χ1) is 6.97. The van der Waals surface area contributed by atoms with Crippen LogP contribution < -0.4 is 0 Å². The van der Waals surface area contributed by atoms with Crippen LogP contribution in [0.3, 0.4) is 0 Å². The fraction of sp³-hybridized carbons (Fsp3) is 0.364. The van der Waals surface area contributed by atoms with Gasteiger partial charge in [-0.15, -0.1) is 0 Å². The number of carbonyl (C=O) groups is 1. The predicted octanol–water partition coefficient (Wildman–Crippen LogP) is 3.99. The highest BCUT2D eigenvalue weighted by molar-refractivity contribution is 14.1. The van der Waals surface area contributed by atoms with Gasteiger partial charge in [-0.2, -0.15) is 0 Å². The summed E-state index contributed by atoms with van der Waals surface area (Å²) < 4.78 is 25.7. The second kappa shape index (κ2) is 5.01. The van der Waals surface area contributed by atoms with Crippen LogP contribution in [0.5, 0.6) is 0 Å². The van der Waals surface area contributed by atoms with Gasteiger partial charge in [0.15, 0.2) is 5.78 Å². The van der Waals surface area contributed by atoms with Crippen molar-refractivity contribution in [3.8, 4) is 0 Å². The Labute approximate surface area is 101 Å². The van der Waals surface area contributed by atoms with Crippen LogP contribution in [0.2, 0.25) is 0 Å². The van der Waals surface area contributed by atoms with Gasteiger partial charge in [0.25, 0.3) is 6.43 Å². The number of benzene rings is 1. The third-order valence-electron chi connectivity index (χ3n) is 2.22. The fourth-order valence-electron chi connectivity index (χ4n) is 1.42. The highest BCUT2D eigenvalue weighted by Crippen LogP contribution is 2.28. The van der Waals surface area contributed by atoms with E-state index < -0.39 is 6.43 Å². The quantitative estimate of drug-likeness (QED) is 0.607. The van der Waals surface area contributed by atoms with Crippen LogP contribution in [0.15, 0.2) is 12.1 Å². The summed E-state index contributed by atoms with van der Waals surface area (Å²) in [6.45, 7) is 3.30. The molecule has 0 aliphatic carbocycles. The molecular formula is C11H11F2IO. The number of aryl methyl sites for hydroxylation is 1. The van der Waals surface area contributed by atoms with Crippen LogP contribution in [0, 0.1) is 3.57 Å². The minimum Gasteiger partial charge on any atom is -0.295 e. The fourth-order valence-corrected chi connectivity index (χ4v) is 2.19. The molecule has 1 aromatic carbocycles. The molecular weight excluding hydrogens is 313 g/mol. The molecule has 0 unspecified atom stereocenters. The summed E-state index contributed by atoms with van der Waals surface area (Å²) in [5, 5.41) is 0. The maximum atomic E-state index is 12.6. The van der Waals surface area contributed by atoms with Gasteiger partial charge in [-0.1, -0.05) is 6.92 Å². The van der Waals surface area contributed by atoms with Crippen LogP contribution in [0.1, 0.15) is 41.8 Å². The molecule has 82 valence electrons. The zero-order valence-electron chi connectivity index (χ0n) is 8.48. The Morgan fingerprint density at radius 3 is 2.47 bits per heavy atom. The minimum absolute atomic E-state index is 0.0574. The van der Waals surface area contributed by atoms with Crippen LogP contribution in [-0.2, 0) is 6.42 Å². The molecule has 0 aliphatic rings. The van der Waals surface area contributed by atoms with Gasteiger partial charge in [0.1, 0.15) is 0 Å². The smallest absolute Gasteiger partial charge is 0.264 e. The molecule has 4 heteroatoms. The third kappa shape index (κ3) is 2.74. The summed E-state index contributed by atoms with van der Waals surface area (Å²) in [5.41, 5.74) is 1.18. The molecule has 1 nitrogen and oxygen atoms in total. The Kier molecular flexibility index (Phi) is 4.19. The van der Waals surface area contributed by atoms with Crippen molar-refractivity contribution in [2.45, 2.75) is 26.7 Å². The number of hydrogen-bond acceptors (Lipinski definition) is 1. The topological polar surface area (TPSA) is 17.1 Å². The van der Waals surface area contributed by atoms with Crippen LogP contribution in [0.25, 0.3) is 0 Å². The van der Waals surface area contributed by atoms with Gasteiger partial charge in [-0.05, 0) is 53.6 Å². The van der Waals surface area contributed by atoms with E-state index in [2.05, 4.69) is 0 Å². The predicted molar refractivity (Wildman–Crippen MR) is 63.5 cm³/mol. The Morgan fingerprint density at radius 1 is 1.47 bits per heavy atom. The molecule has 0 saturated heterocycles. The third-order valence-corrected chi connectivity index (χ3v) is 3.15. The first kappa shape index (κ1) is 12.5. The minimum atomic E-state index is -2.53. The van der Waals surface area contributed by atoms with Crippen molar-refractivity contribution in [3.05, 3.63) is 32.4 Å². The van der Waals surface area contributed by atoms with Crippen molar-refractivity contribution in [2.75, 3.05) is 0 Å². The number of alkyl halides is 2. The van der Waals surface area contributed by atoms with E-state index in [0.717, 1.165) is 5.56 Å². The molecule has 1 rings (SSSR count). The van der Waals surface area contributed by atoms with E-state index in [4.69, 9.17) is 0 Å². The summed E-state index contributed by atoms with van der Waals surface area (Å²) in [7, 11) is 0. The Hall–Kier alpha value is -0.520. The van der Waals surface area contributed by atoms with Crippen molar-refractivity contribution < 1.29 is 13.6 Å². The highest BCUT2D eigenvalue weighted by atomic mass is 127. The lowest BCUT2D eigenvalue weighted by atomic mass is 9.99. The number of rotatable bonds is 3. The largest absolute Gasteiger partial charge is 0.295 e. The maximum absolute atomic E-state index is 12.6. The van der Waals surface area contributed by atoms with E-state index in [0.29, 0.717) is 15.6 Å². The van der Waals surface area contributed by atoms with E-state index in [1.54, 1.807) is 6.07 Å². The van der Waals surface area contributed by atoms with E-state index in [9.17, 15) is 13.6 Å². The van der Waals surface area contributed by atoms with E-state index >= 15 is 0 Å². The highest BCUT2D eigenvalue weighted by Gasteiger charge is 2.16. The molecule has 1 aromatic rings. The number of halogens is 3. The molecule has 0 heterocycles. The second-order valence-corrected chi connectivity index (χ2v) is 4.40. The van der Waals surface area contributed by atoms with Gasteiger partial charge in [0, 0.05) is 14.7 Å². The maximum Gasteiger partial charge on any atom is 0.264 e. The Morgan fingerprint density at radius 2 is 2.07 bits per heavy atom. The van der Waals surface area contributed by atoms with E-state index in [-0.39, 0.29) is 11.3 Å². The van der Waals surface area contributed by atoms with Crippen molar-refractivity contribution in [1.29, 1.82) is 0 Å². The molecule has 0 amide bonds. The van der Waals surface area contributed by atoms with Crippen molar-refractivity contribution in [1.82, 2.24) is 0 Å². The average Bonchev–Trinajstić information content (AvgIpc) is 2.16. The molecule has 0 aromatic heterocycles. The monoisotopic (exact) mass is 324 g/mol. The van der Waals surface area contributed by atoms with Crippen molar-refractivity contribution in [3.63, 3.8) is 0 Å². The van der Waals surface area contributed by atoms with Crippen LogP contribution in [0.4, 0.5) is 8.78 Å². The first-order valence-electron chi connectivity index (χ1n) is 4.58. The zero-order chi connectivity index (χ0) is 11.6. The lowest BCUT2D eigenvalue weighted by Crippen LogP contribution is -2.03. The van der Waals surface area contributed by atoms with Crippen LogP contribution in [-0.4, -0.2) is 5.78 Å². The first-order valence-corrected chi connectivity index (χ1v) is 5.66. The molecule has 0 radical (unpaired) electrons. The summed E-state index contributed by atoms with van der Waals surface area (Å²) in [4.78, 5) is 11.3. The summed E-state index contributed by atoms with van der Waals surface area (Å²) in [6, 6.07) is 2.98. The molecule has 0 atom stereocenters. The lowest BCUT2D eigenvalue weighted by Gasteiger charge is -2.10. The van der Waals surface area contributed by atoms with Gasteiger partial charge < -0.3 is 0 Å². The molecule has 0 N–H and O–H groups in total. The summed E-state index contributed by atoms with van der Waals surface area (Å²) in [5.74, 6) is -0.162. The average molecular weight is 324 g/mol. The molecule has 0 spiro atoms. The van der Waals surface area contributed by atoms with Gasteiger partial charge >= 0.3 is 0 Å². The molecule has 0 fully saturated rings. The Balaban J connectivity index is 3.37. The summed E-state index contributed by atoms with van der Waals surface area (Å²) in [6.07, 6.45) is -1.85. The standard InChI is InChI=1S/C11H11F2IO/c1-3-7-4-10(14)9(11(12)13)5-8(7)6(2)15/h4-5,11H,3H2,1-2H3. The molecule has 0 aliphatic heterocycles.